The van der Waals surface area contributed by atoms with Crippen molar-refractivity contribution in [3.8, 4) is 0 Å². The molecular weight excluding hydrogens is 270 g/mol. The van der Waals surface area contributed by atoms with Gasteiger partial charge in [-0.2, -0.15) is 0 Å². The molecule has 0 saturated heterocycles. The fraction of sp³-hybridized carbons (Fsp3) is 0.727. The molecule has 0 radical (unpaired) electrons. The molecule has 0 amide bonds. The Balaban J connectivity index is 2.71. The van der Waals surface area contributed by atoms with E-state index in [-0.39, 0.29) is 5.75 Å². The average Bonchev–Trinajstić information content (AvgIpc) is 2.70. The zero-order valence-electron chi connectivity index (χ0n) is 11.1. The highest BCUT2D eigenvalue weighted by Crippen LogP contribution is 2.29. The Morgan fingerprint density at radius 3 is 2.56 bits per heavy atom. The van der Waals surface area contributed by atoms with Crippen LogP contribution in [0, 0.1) is 5.92 Å². The lowest BCUT2D eigenvalue weighted by Gasteiger charge is -2.27. The maximum atomic E-state index is 10.5. The van der Waals surface area contributed by atoms with Crippen LogP contribution in [0.2, 0.25) is 0 Å². The number of aliphatic carboxylic acids is 1. The van der Waals surface area contributed by atoms with E-state index in [1.807, 2.05) is 0 Å². The molecule has 1 aromatic heterocycles. The monoisotopic (exact) mass is 289 g/mol. The number of hydrogen-bond acceptors (Lipinski definition) is 6. The Morgan fingerprint density at radius 1 is 1.39 bits per heavy atom. The van der Waals surface area contributed by atoms with Crippen molar-refractivity contribution in [2.45, 2.75) is 38.1 Å². The molecule has 0 saturated carbocycles. The van der Waals surface area contributed by atoms with Crippen LogP contribution in [-0.4, -0.2) is 39.6 Å². The van der Waals surface area contributed by atoms with E-state index in [9.17, 15) is 4.79 Å². The Bertz CT molecular complexity index is 393. The van der Waals surface area contributed by atoms with Crippen molar-refractivity contribution < 1.29 is 9.90 Å². The maximum absolute atomic E-state index is 10.5. The first-order chi connectivity index (χ1) is 8.40. The number of rotatable bonds is 7. The zero-order chi connectivity index (χ0) is 13.7. The SMILES string of the molecule is CC(C)CN(c1nnc(SCC(=O)O)s1)C(C)C. The van der Waals surface area contributed by atoms with Crippen molar-refractivity contribution in [2.75, 3.05) is 17.2 Å². The third-order valence-electron chi connectivity index (χ3n) is 2.15. The second kappa shape index (κ2) is 6.94. The molecule has 0 aliphatic carbocycles. The minimum Gasteiger partial charge on any atom is -0.481 e. The number of aromatic nitrogens is 2. The molecule has 0 aliphatic heterocycles. The van der Waals surface area contributed by atoms with Gasteiger partial charge in [0, 0.05) is 12.6 Å². The summed E-state index contributed by atoms with van der Waals surface area (Å²) in [5.74, 6) is -0.258. The summed E-state index contributed by atoms with van der Waals surface area (Å²) in [6.45, 7) is 9.49. The van der Waals surface area contributed by atoms with E-state index in [4.69, 9.17) is 5.11 Å². The van der Waals surface area contributed by atoms with Crippen molar-refractivity contribution >= 4 is 34.2 Å². The molecule has 102 valence electrons. The molecule has 18 heavy (non-hydrogen) atoms. The standard InChI is InChI=1S/C11H19N3O2S2/c1-7(2)5-14(8(3)4)10-12-13-11(18-10)17-6-9(15)16/h7-8H,5-6H2,1-4H3,(H,15,16). The van der Waals surface area contributed by atoms with Crippen LogP contribution in [0.4, 0.5) is 5.13 Å². The number of anilines is 1. The first-order valence-corrected chi connectivity index (χ1v) is 7.65. The van der Waals surface area contributed by atoms with Gasteiger partial charge in [0.05, 0.1) is 5.75 Å². The van der Waals surface area contributed by atoms with E-state index >= 15 is 0 Å². The summed E-state index contributed by atoms with van der Waals surface area (Å²) in [6, 6.07) is 0.359. The number of nitrogens with zero attached hydrogens (tertiary/aromatic N) is 3. The van der Waals surface area contributed by atoms with Gasteiger partial charge in [0.2, 0.25) is 5.13 Å². The minimum absolute atomic E-state index is 0.0283. The lowest BCUT2D eigenvalue weighted by Crippen LogP contribution is -2.34. The molecule has 1 aromatic rings. The zero-order valence-corrected chi connectivity index (χ0v) is 12.7. The first-order valence-electron chi connectivity index (χ1n) is 5.85. The predicted octanol–water partition coefficient (Wildman–Crippen LogP) is 2.59. The van der Waals surface area contributed by atoms with Crippen molar-refractivity contribution in [1.82, 2.24) is 10.2 Å². The highest BCUT2D eigenvalue weighted by atomic mass is 32.2. The van der Waals surface area contributed by atoms with Gasteiger partial charge in [0.15, 0.2) is 4.34 Å². The van der Waals surface area contributed by atoms with Crippen LogP contribution in [0.3, 0.4) is 0 Å². The molecule has 0 bridgehead atoms. The summed E-state index contributed by atoms with van der Waals surface area (Å²) in [6.07, 6.45) is 0. The Hall–Kier alpha value is -0.820. The van der Waals surface area contributed by atoms with Gasteiger partial charge in [-0.25, -0.2) is 0 Å². The summed E-state index contributed by atoms with van der Waals surface area (Å²) in [4.78, 5) is 12.7. The first kappa shape index (κ1) is 15.2. The van der Waals surface area contributed by atoms with Crippen molar-refractivity contribution in [3.63, 3.8) is 0 Å². The summed E-state index contributed by atoms with van der Waals surface area (Å²) in [5.41, 5.74) is 0. The minimum atomic E-state index is -0.834. The van der Waals surface area contributed by atoms with Crippen molar-refractivity contribution in [2.24, 2.45) is 5.92 Å². The molecule has 7 heteroatoms. The van der Waals surface area contributed by atoms with Crippen LogP contribution >= 0.6 is 23.1 Å². The van der Waals surface area contributed by atoms with Gasteiger partial charge in [-0.1, -0.05) is 36.9 Å². The number of hydrogen-bond donors (Lipinski definition) is 1. The van der Waals surface area contributed by atoms with Gasteiger partial charge < -0.3 is 10.0 Å². The molecule has 0 unspecified atom stereocenters. The maximum Gasteiger partial charge on any atom is 0.313 e. The summed E-state index contributed by atoms with van der Waals surface area (Å²) >= 11 is 2.67. The van der Waals surface area contributed by atoms with E-state index in [1.54, 1.807) is 0 Å². The molecule has 0 aliphatic rings. The van der Waals surface area contributed by atoms with E-state index in [0.29, 0.717) is 16.3 Å². The van der Waals surface area contributed by atoms with Crippen LogP contribution in [0.1, 0.15) is 27.7 Å². The van der Waals surface area contributed by atoms with Crippen LogP contribution in [-0.2, 0) is 4.79 Å². The summed E-state index contributed by atoms with van der Waals surface area (Å²) in [5, 5.41) is 17.7. The van der Waals surface area contributed by atoms with Gasteiger partial charge >= 0.3 is 5.97 Å². The number of carboxylic acids is 1. The lowest BCUT2D eigenvalue weighted by atomic mass is 10.2. The smallest absolute Gasteiger partial charge is 0.313 e. The van der Waals surface area contributed by atoms with Crippen LogP contribution in [0.15, 0.2) is 4.34 Å². The molecule has 0 aromatic carbocycles. The molecule has 1 rings (SSSR count). The normalized spacial score (nSPS) is 11.2. The third-order valence-corrected chi connectivity index (χ3v) is 4.22. The molecular formula is C11H19N3O2S2. The number of carboxylic acid groups (broad SMARTS) is 1. The Morgan fingerprint density at radius 2 is 2.06 bits per heavy atom. The fourth-order valence-electron chi connectivity index (χ4n) is 1.40. The van der Waals surface area contributed by atoms with Crippen LogP contribution in [0.5, 0.6) is 0 Å². The highest BCUT2D eigenvalue weighted by Gasteiger charge is 2.17. The van der Waals surface area contributed by atoms with Crippen LogP contribution in [0.25, 0.3) is 0 Å². The average molecular weight is 289 g/mol. The molecule has 5 nitrogen and oxygen atoms in total. The van der Waals surface area contributed by atoms with Gasteiger partial charge in [-0.3, -0.25) is 4.79 Å². The molecule has 1 N–H and O–H groups in total. The Kier molecular flexibility index (Phi) is 5.87. The predicted molar refractivity (Wildman–Crippen MR) is 75.6 cm³/mol. The number of carbonyl (C=O) groups is 1. The van der Waals surface area contributed by atoms with Gasteiger partial charge in [-0.05, 0) is 19.8 Å². The van der Waals surface area contributed by atoms with Gasteiger partial charge in [-0.15, -0.1) is 10.2 Å². The number of thioether (sulfide) groups is 1. The second-order valence-corrected chi connectivity index (χ2v) is 6.85. The molecule has 0 spiro atoms. The highest BCUT2D eigenvalue weighted by molar-refractivity contribution is 8.01. The van der Waals surface area contributed by atoms with E-state index in [2.05, 4.69) is 42.8 Å². The topological polar surface area (TPSA) is 66.3 Å². The van der Waals surface area contributed by atoms with Crippen LogP contribution < -0.4 is 4.90 Å². The van der Waals surface area contributed by atoms with Crippen molar-refractivity contribution in [3.05, 3.63) is 0 Å². The second-order valence-electron chi connectivity index (χ2n) is 4.67. The van der Waals surface area contributed by atoms with E-state index in [0.717, 1.165) is 11.7 Å². The summed E-state index contributed by atoms with van der Waals surface area (Å²) < 4.78 is 0.710. The van der Waals surface area contributed by atoms with E-state index in [1.165, 1.54) is 23.1 Å². The van der Waals surface area contributed by atoms with Gasteiger partial charge in [0.1, 0.15) is 0 Å². The molecule has 0 atom stereocenters. The Labute approximate surface area is 116 Å². The largest absolute Gasteiger partial charge is 0.481 e. The van der Waals surface area contributed by atoms with Gasteiger partial charge in [0.25, 0.3) is 0 Å². The van der Waals surface area contributed by atoms with E-state index < -0.39 is 5.97 Å². The third kappa shape index (κ3) is 4.81. The molecule has 0 fully saturated rings. The fourth-order valence-corrected chi connectivity index (χ4v) is 3.11. The lowest BCUT2D eigenvalue weighted by molar-refractivity contribution is -0.133. The molecule has 1 heterocycles. The quantitative estimate of drug-likeness (QED) is 0.778. The van der Waals surface area contributed by atoms with Crippen molar-refractivity contribution in [1.29, 1.82) is 0 Å². The summed E-state index contributed by atoms with van der Waals surface area (Å²) in [7, 11) is 0.